The molecule has 1 aliphatic heterocycles. The molecule has 0 radical (unpaired) electrons. The molecule has 0 unspecified atom stereocenters. The van der Waals surface area contributed by atoms with Crippen LogP contribution in [-0.4, -0.2) is 64.8 Å². The maximum atomic E-state index is 13.2. The molecule has 3 N–H and O–H groups in total. The maximum absolute atomic E-state index is 13.2. The van der Waals surface area contributed by atoms with Crippen molar-refractivity contribution in [2.45, 2.75) is 50.2 Å². The van der Waals surface area contributed by atoms with E-state index in [0.29, 0.717) is 0 Å². The number of nitrogens with one attached hydrogen (secondary N) is 1. The number of aryl methyl sites for hydroxylation is 1. The molecule has 2 aromatic heterocycles. The highest BCUT2D eigenvalue weighted by molar-refractivity contribution is 7.86. The Balaban J connectivity index is 1.81. The molecule has 15 heteroatoms. The molecule has 1 aliphatic rings. The molecule has 192 valence electrons. The molecule has 0 aliphatic carbocycles. The van der Waals surface area contributed by atoms with Gasteiger partial charge in [-0.2, -0.15) is 13.4 Å². The van der Waals surface area contributed by atoms with Gasteiger partial charge in [-0.05, 0) is 19.1 Å². The third-order valence-corrected chi connectivity index (χ3v) is 6.64. The molecule has 1 aromatic carbocycles. The number of hydrogen-bond acceptors (Lipinski definition) is 12. The van der Waals surface area contributed by atoms with Crippen LogP contribution in [0.15, 0.2) is 40.3 Å². The van der Waals surface area contributed by atoms with E-state index >= 15 is 0 Å². The lowest BCUT2D eigenvalue weighted by Crippen LogP contribution is -2.40. The summed E-state index contributed by atoms with van der Waals surface area (Å²) in [5.41, 5.74) is 5.74. The Kier molecular flexibility index (Phi) is 6.79. The second-order valence-corrected chi connectivity index (χ2v) is 9.62. The predicted molar refractivity (Wildman–Crippen MR) is 122 cm³/mol. The lowest BCUT2D eigenvalue weighted by molar-refractivity contribution is -0.156. The van der Waals surface area contributed by atoms with E-state index in [0.717, 1.165) is 12.5 Å². The number of aromatic nitrogens is 4. The molecule has 0 bridgehead atoms. The number of nitrogens with zero attached hydrogens (tertiary/aromatic N) is 3. The Labute approximate surface area is 204 Å². The number of aromatic amines is 1. The number of fused-ring (bicyclic) bond motifs is 1. The topological polar surface area (TPSA) is 195 Å². The van der Waals surface area contributed by atoms with Crippen molar-refractivity contribution in [2.75, 3.05) is 12.3 Å². The highest BCUT2D eigenvalue weighted by atomic mass is 32.2. The first-order valence-electron chi connectivity index (χ1n) is 10.6. The molecule has 36 heavy (non-hydrogen) atoms. The molecular formula is C21H23N5O9S. The van der Waals surface area contributed by atoms with E-state index in [1.165, 1.54) is 30.0 Å². The second-order valence-electron chi connectivity index (χ2n) is 8.04. The number of ether oxygens (including phenoxy) is 3. The summed E-state index contributed by atoms with van der Waals surface area (Å²) in [6.45, 7) is 3.71. The summed E-state index contributed by atoms with van der Waals surface area (Å²) in [4.78, 5) is 45.8. The lowest BCUT2D eigenvalue weighted by atomic mass is 10.1. The number of rotatable bonds is 7. The number of benzene rings is 1. The molecule has 0 spiro atoms. The number of carbonyl (C=O) groups is 2. The molecule has 1 saturated heterocycles. The number of imidazole rings is 1. The van der Waals surface area contributed by atoms with E-state index in [1.54, 1.807) is 19.1 Å². The number of hydrogen-bond donors (Lipinski definition) is 2. The van der Waals surface area contributed by atoms with Gasteiger partial charge >= 0.3 is 11.9 Å². The molecular weight excluding hydrogens is 498 g/mol. The normalized spacial score (nSPS) is 22.0. The van der Waals surface area contributed by atoms with Crippen LogP contribution in [0.2, 0.25) is 0 Å². The van der Waals surface area contributed by atoms with Gasteiger partial charge in [-0.3, -0.25) is 28.1 Å². The number of carbonyl (C=O) groups excluding carboxylic acids is 2. The summed E-state index contributed by atoms with van der Waals surface area (Å²) in [7, 11) is -4.40. The predicted octanol–water partition coefficient (Wildman–Crippen LogP) is 0.177. The van der Waals surface area contributed by atoms with Gasteiger partial charge in [0.25, 0.3) is 15.7 Å². The zero-order chi connectivity index (χ0) is 26.2. The fraction of sp³-hybridized carbons (Fsp3) is 0.381. The van der Waals surface area contributed by atoms with Gasteiger partial charge in [-0.1, -0.05) is 17.7 Å². The van der Waals surface area contributed by atoms with E-state index in [2.05, 4.69) is 15.0 Å². The molecule has 3 aromatic rings. The molecule has 0 saturated carbocycles. The monoisotopic (exact) mass is 521 g/mol. The summed E-state index contributed by atoms with van der Waals surface area (Å²) < 4.78 is 49.5. The van der Waals surface area contributed by atoms with Crippen molar-refractivity contribution >= 4 is 39.2 Å². The van der Waals surface area contributed by atoms with Gasteiger partial charge < -0.3 is 19.9 Å². The first kappa shape index (κ1) is 25.3. The third-order valence-electron chi connectivity index (χ3n) is 5.31. The van der Waals surface area contributed by atoms with Gasteiger partial charge in [-0.25, -0.2) is 4.98 Å². The minimum absolute atomic E-state index is 0.0303. The van der Waals surface area contributed by atoms with Crippen molar-refractivity contribution < 1.29 is 36.4 Å². The van der Waals surface area contributed by atoms with Crippen molar-refractivity contribution in [1.29, 1.82) is 0 Å². The Morgan fingerprint density at radius 1 is 1.17 bits per heavy atom. The minimum atomic E-state index is -4.40. The zero-order valence-corrected chi connectivity index (χ0v) is 20.2. The molecule has 4 atom stereocenters. The van der Waals surface area contributed by atoms with Gasteiger partial charge in [-0.15, -0.1) is 0 Å². The Bertz CT molecular complexity index is 1470. The van der Waals surface area contributed by atoms with Crippen molar-refractivity contribution in [2.24, 2.45) is 0 Å². The average Bonchev–Trinajstić information content (AvgIpc) is 3.34. The number of H-pyrrole nitrogens is 1. The van der Waals surface area contributed by atoms with Crippen LogP contribution in [0.1, 0.15) is 25.6 Å². The van der Waals surface area contributed by atoms with Gasteiger partial charge in [0.1, 0.15) is 12.7 Å². The summed E-state index contributed by atoms with van der Waals surface area (Å²) in [5, 5.41) is 0. The Hall–Kier alpha value is -3.82. The van der Waals surface area contributed by atoms with Crippen molar-refractivity contribution in [3.8, 4) is 0 Å². The number of nitrogen functional groups attached to an aromatic ring is 1. The Morgan fingerprint density at radius 2 is 1.86 bits per heavy atom. The highest BCUT2D eigenvalue weighted by Crippen LogP contribution is 2.37. The second kappa shape index (κ2) is 9.67. The minimum Gasteiger partial charge on any atom is -0.463 e. The van der Waals surface area contributed by atoms with Crippen molar-refractivity contribution in [1.82, 2.24) is 19.5 Å². The summed E-state index contributed by atoms with van der Waals surface area (Å²) in [5.74, 6) is -1.61. The SMILES string of the molecule is CC(=O)OC[C@H]1O[C@@H](n2cnc3c(=O)[nH]c(N)nc32)[C@H](OS(=O)(=O)c2ccc(C)cc2)[C@@H]1OC(C)=O. The van der Waals surface area contributed by atoms with E-state index in [4.69, 9.17) is 24.1 Å². The van der Waals surface area contributed by atoms with Gasteiger partial charge in [0.15, 0.2) is 29.6 Å². The lowest BCUT2D eigenvalue weighted by Gasteiger charge is -2.24. The van der Waals surface area contributed by atoms with E-state index in [-0.39, 0.29) is 28.6 Å². The van der Waals surface area contributed by atoms with E-state index in [9.17, 15) is 22.8 Å². The van der Waals surface area contributed by atoms with Crippen LogP contribution in [0, 0.1) is 6.92 Å². The average molecular weight is 522 g/mol. The van der Waals surface area contributed by atoms with Crippen molar-refractivity contribution in [3.05, 3.63) is 46.5 Å². The van der Waals surface area contributed by atoms with Crippen LogP contribution in [0.4, 0.5) is 5.95 Å². The van der Waals surface area contributed by atoms with Crippen LogP contribution < -0.4 is 11.3 Å². The summed E-state index contributed by atoms with van der Waals surface area (Å²) in [6, 6.07) is 5.91. The molecule has 1 fully saturated rings. The zero-order valence-electron chi connectivity index (χ0n) is 19.4. The number of anilines is 1. The van der Waals surface area contributed by atoms with E-state index in [1.807, 2.05) is 0 Å². The number of nitrogens with two attached hydrogens (primary N) is 1. The molecule has 3 heterocycles. The largest absolute Gasteiger partial charge is 0.463 e. The van der Waals surface area contributed by atoms with Crippen LogP contribution >= 0.6 is 0 Å². The van der Waals surface area contributed by atoms with Gasteiger partial charge in [0.05, 0.1) is 11.2 Å². The fourth-order valence-electron chi connectivity index (χ4n) is 3.74. The maximum Gasteiger partial charge on any atom is 0.303 e. The molecule has 0 amide bonds. The van der Waals surface area contributed by atoms with E-state index < -0.39 is 52.2 Å². The van der Waals surface area contributed by atoms with Crippen LogP contribution in [0.25, 0.3) is 11.2 Å². The molecule has 14 nitrogen and oxygen atoms in total. The summed E-state index contributed by atoms with van der Waals surface area (Å²) in [6.07, 6.45) is -4.08. The third kappa shape index (κ3) is 5.07. The highest BCUT2D eigenvalue weighted by Gasteiger charge is 2.52. The first-order chi connectivity index (χ1) is 17.0. The van der Waals surface area contributed by atoms with Gasteiger partial charge in [0, 0.05) is 13.8 Å². The first-order valence-corrected chi connectivity index (χ1v) is 12.1. The fourth-order valence-corrected chi connectivity index (χ4v) is 4.82. The quantitative estimate of drug-likeness (QED) is 0.317. The summed E-state index contributed by atoms with van der Waals surface area (Å²) >= 11 is 0. The Morgan fingerprint density at radius 3 is 2.50 bits per heavy atom. The smallest absolute Gasteiger partial charge is 0.303 e. The van der Waals surface area contributed by atoms with Gasteiger partial charge in [0.2, 0.25) is 5.95 Å². The van der Waals surface area contributed by atoms with Crippen molar-refractivity contribution in [3.63, 3.8) is 0 Å². The standard InChI is InChI=1S/C21H23N5O9S/c1-10-4-6-13(7-5-10)36(30,31)35-17-16(33-12(3)28)14(8-32-11(2)27)34-20(17)26-9-23-15-18(26)24-21(22)25-19(15)29/h4-7,9,14,16-17,20H,8H2,1-3H3,(H3,22,24,25,29)/t14-,16-,17-,20-/m1/s1. The van der Waals surface area contributed by atoms with Crippen LogP contribution in [-0.2, 0) is 38.1 Å². The molecule has 4 rings (SSSR count). The number of esters is 2. The van der Waals surface area contributed by atoms with Crippen LogP contribution in [0.3, 0.4) is 0 Å². The van der Waals surface area contributed by atoms with Crippen LogP contribution in [0.5, 0.6) is 0 Å².